The van der Waals surface area contributed by atoms with Gasteiger partial charge >= 0.3 is 0 Å². The van der Waals surface area contributed by atoms with Gasteiger partial charge in [-0.05, 0) is 35.4 Å². The van der Waals surface area contributed by atoms with Crippen LogP contribution >= 0.6 is 24.0 Å². The van der Waals surface area contributed by atoms with E-state index in [0.29, 0.717) is 37.8 Å². The smallest absolute Gasteiger partial charge is 0.251 e. The summed E-state index contributed by atoms with van der Waals surface area (Å²) in [7, 11) is 3.34. The van der Waals surface area contributed by atoms with E-state index in [-0.39, 0.29) is 41.7 Å². The Bertz CT molecular complexity index is 871. The first-order valence-corrected chi connectivity index (χ1v) is 10.4. The second-order valence-corrected chi connectivity index (χ2v) is 7.30. The van der Waals surface area contributed by atoms with Gasteiger partial charge in [0.25, 0.3) is 5.91 Å². The predicted octanol–water partition coefficient (Wildman–Crippen LogP) is 2.54. The van der Waals surface area contributed by atoms with Crippen LogP contribution in [0.4, 0.5) is 4.39 Å². The summed E-state index contributed by atoms with van der Waals surface area (Å²) >= 11 is 0. The number of benzene rings is 2. The van der Waals surface area contributed by atoms with Crippen molar-refractivity contribution >= 4 is 35.8 Å². The van der Waals surface area contributed by atoms with E-state index in [0.717, 1.165) is 24.2 Å². The maximum Gasteiger partial charge on any atom is 0.251 e. The lowest BCUT2D eigenvalue weighted by Gasteiger charge is -2.35. The number of carbonyl (C=O) groups excluding carboxylic acids is 1. The van der Waals surface area contributed by atoms with Crippen LogP contribution in [0.5, 0.6) is 0 Å². The van der Waals surface area contributed by atoms with Crippen molar-refractivity contribution in [1.82, 2.24) is 20.9 Å². The van der Waals surface area contributed by atoms with E-state index in [4.69, 9.17) is 4.74 Å². The summed E-state index contributed by atoms with van der Waals surface area (Å²) in [4.78, 5) is 18.3. The van der Waals surface area contributed by atoms with Crippen LogP contribution in [-0.2, 0) is 11.3 Å². The van der Waals surface area contributed by atoms with Crippen molar-refractivity contribution in [1.29, 1.82) is 0 Å². The first kappa shape index (κ1) is 26.0. The quantitative estimate of drug-likeness (QED) is 0.278. The lowest BCUT2D eigenvalue weighted by atomic mass is 10.0. The number of carbonyl (C=O) groups is 1. The van der Waals surface area contributed by atoms with Crippen LogP contribution in [0.2, 0.25) is 0 Å². The lowest BCUT2D eigenvalue weighted by Crippen LogP contribution is -2.46. The third-order valence-electron chi connectivity index (χ3n) is 5.33. The van der Waals surface area contributed by atoms with Gasteiger partial charge in [-0.2, -0.15) is 0 Å². The van der Waals surface area contributed by atoms with Crippen molar-refractivity contribution in [2.45, 2.75) is 12.6 Å². The lowest BCUT2D eigenvalue weighted by molar-refractivity contribution is 0.0170. The number of nitrogens with one attached hydrogen (secondary N) is 3. The maximum absolute atomic E-state index is 13.4. The molecule has 1 fully saturated rings. The number of aliphatic imine (C=N–C) groups is 1. The molecule has 1 amide bonds. The van der Waals surface area contributed by atoms with Crippen LogP contribution in [0, 0.1) is 5.82 Å². The summed E-state index contributed by atoms with van der Waals surface area (Å²) in [6.07, 6.45) is 0. The minimum absolute atomic E-state index is 0. The number of ether oxygens (including phenoxy) is 1. The molecule has 3 N–H and O–H groups in total. The van der Waals surface area contributed by atoms with Crippen molar-refractivity contribution in [2.24, 2.45) is 4.99 Å². The van der Waals surface area contributed by atoms with Crippen molar-refractivity contribution in [3.8, 4) is 0 Å². The summed E-state index contributed by atoms with van der Waals surface area (Å²) in [5.41, 5.74) is 2.72. The van der Waals surface area contributed by atoms with Crippen LogP contribution in [0.1, 0.15) is 27.5 Å². The third-order valence-corrected chi connectivity index (χ3v) is 5.33. The zero-order chi connectivity index (χ0) is 22.1. The van der Waals surface area contributed by atoms with Gasteiger partial charge in [0.1, 0.15) is 5.82 Å². The molecule has 1 aliphatic rings. The molecule has 32 heavy (non-hydrogen) atoms. The summed E-state index contributed by atoms with van der Waals surface area (Å²) in [6.45, 7) is 4.24. The van der Waals surface area contributed by atoms with Gasteiger partial charge in [0, 0.05) is 45.8 Å². The Kier molecular flexibility index (Phi) is 10.8. The maximum atomic E-state index is 13.4. The van der Waals surface area contributed by atoms with Crippen molar-refractivity contribution < 1.29 is 13.9 Å². The Morgan fingerprint density at radius 1 is 1.09 bits per heavy atom. The second kappa shape index (κ2) is 13.3. The average Bonchev–Trinajstić information content (AvgIpc) is 2.82. The van der Waals surface area contributed by atoms with Gasteiger partial charge in [-0.15, -0.1) is 24.0 Å². The molecule has 0 aliphatic carbocycles. The van der Waals surface area contributed by atoms with E-state index in [1.54, 1.807) is 26.2 Å². The molecule has 0 bridgehead atoms. The number of amides is 1. The topological polar surface area (TPSA) is 78.0 Å². The van der Waals surface area contributed by atoms with Crippen molar-refractivity contribution in [3.05, 3.63) is 71.0 Å². The fraction of sp³-hybridized carbons (Fsp3) is 0.391. The van der Waals surface area contributed by atoms with Gasteiger partial charge in [-0.25, -0.2) is 4.39 Å². The highest BCUT2D eigenvalue weighted by Crippen LogP contribution is 2.21. The number of guanidine groups is 1. The molecule has 0 saturated carbocycles. The molecule has 0 radical (unpaired) electrons. The molecule has 2 aromatic rings. The molecule has 1 heterocycles. The standard InChI is InChI=1S/C23H30FN5O2.HI/c1-25-22(30)19-5-3-17(4-6-19)15-27-23(26-2)28-16-21(29-11-13-31-14-12-29)18-7-9-20(24)10-8-18;/h3-10,21H,11-16H2,1-2H3,(H,25,30)(H2,26,27,28);1H. The molecule has 174 valence electrons. The molecule has 3 rings (SSSR count). The molecule has 2 aromatic carbocycles. The molecule has 0 aromatic heterocycles. The Labute approximate surface area is 205 Å². The molecule has 1 unspecified atom stereocenters. The van der Waals surface area contributed by atoms with Crippen LogP contribution in [0.25, 0.3) is 0 Å². The number of rotatable bonds is 7. The largest absolute Gasteiger partial charge is 0.379 e. The molecule has 7 nitrogen and oxygen atoms in total. The van der Waals surface area contributed by atoms with Crippen LogP contribution in [-0.4, -0.2) is 63.7 Å². The van der Waals surface area contributed by atoms with Crippen LogP contribution in [0.15, 0.2) is 53.5 Å². The van der Waals surface area contributed by atoms with E-state index < -0.39 is 0 Å². The van der Waals surface area contributed by atoms with E-state index >= 15 is 0 Å². The minimum Gasteiger partial charge on any atom is -0.379 e. The van der Waals surface area contributed by atoms with E-state index in [2.05, 4.69) is 25.8 Å². The van der Waals surface area contributed by atoms with Gasteiger partial charge in [-0.1, -0.05) is 24.3 Å². The molecule has 0 spiro atoms. The fourth-order valence-corrected chi connectivity index (χ4v) is 3.55. The Morgan fingerprint density at radius 2 is 1.75 bits per heavy atom. The van der Waals surface area contributed by atoms with E-state index in [1.807, 2.05) is 24.3 Å². The summed E-state index contributed by atoms with van der Waals surface area (Å²) in [5, 5.41) is 9.30. The number of morpholine rings is 1. The first-order chi connectivity index (χ1) is 15.1. The van der Waals surface area contributed by atoms with Gasteiger partial charge < -0.3 is 20.7 Å². The zero-order valence-electron chi connectivity index (χ0n) is 18.4. The van der Waals surface area contributed by atoms with E-state index in [9.17, 15) is 9.18 Å². The van der Waals surface area contributed by atoms with Gasteiger partial charge in [0.15, 0.2) is 5.96 Å². The van der Waals surface area contributed by atoms with Crippen molar-refractivity contribution in [3.63, 3.8) is 0 Å². The number of halogens is 2. The monoisotopic (exact) mass is 555 g/mol. The van der Waals surface area contributed by atoms with Gasteiger partial charge in [0.05, 0.1) is 19.3 Å². The first-order valence-electron chi connectivity index (χ1n) is 10.4. The number of nitrogens with zero attached hydrogens (tertiary/aromatic N) is 2. The molecule has 1 aliphatic heterocycles. The molecular formula is C23H31FIN5O2. The Morgan fingerprint density at radius 3 is 2.34 bits per heavy atom. The van der Waals surface area contributed by atoms with Gasteiger partial charge in [-0.3, -0.25) is 14.7 Å². The number of hydrogen-bond acceptors (Lipinski definition) is 4. The summed E-state index contributed by atoms with van der Waals surface area (Å²) in [6, 6.07) is 14.2. The van der Waals surface area contributed by atoms with Crippen LogP contribution < -0.4 is 16.0 Å². The highest BCUT2D eigenvalue weighted by atomic mass is 127. The van der Waals surface area contributed by atoms with Crippen LogP contribution in [0.3, 0.4) is 0 Å². The average molecular weight is 555 g/mol. The van der Waals surface area contributed by atoms with E-state index in [1.165, 1.54) is 12.1 Å². The predicted molar refractivity (Wildman–Crippen MR) is 135 cm³/mol. The second-order valence-electron chi connectivity index (χ2n) is 7.30. The molecule has 9 heteroatoms. The number of hydrogen-bond donors (Lipinski definition) is 3. The molecular weight excluding hydrogens is 524 g/mol. The SMILES string of the molecule is CN=C(NCc1ccc(C(=O)NC)cc1)NCC(c1ccc(F)cc1)N1CCOCC1.I. The molecule has 1 atom stereocenters. The summed E-state index contributed by atoms with van der Waals surface area (Å²) < 4.78 is 18.9. The highest BCUT2D eigenvalue weighted by molar-refractivity contribution is 14.0. The Balaban J connectivity index is 0.00000363. The highest BCUT2D eigenvalue weighted by Gasteiger charge is 2.23. The van der Waals surface area contributed by atoms with Gasteiger partial charge in [0.2, 0.25) is 0 Å². The normalized spacial score (nSPS) is 15.4. The van der Waals surface area contributed by atoms with Crippen molar-refractivity contribution in [2.75, 3.05) is 46.9 Å². The Hall–Kier alpha value is -2.24. The zero-order valence-corrected chi connectivity index (χ0v) is 20.8. The molecule has 1 saturated heterocycles. The fourth-order valence-electron chi connectivity index (χ4n) is 3.55. The summed E-state index contributed by atoms with van der Waals surface area (Å²) in [5.74, 6) is 0.333. The third kappa shape index (κ3) is 7.42. The minimum atomic E-state index is -0.239.